The van der Waals surface area contributed by atoms with Crippen LogP contribution in [-0.2, 0) is 6.54 Å². The molecule has 0 bridgehead atoms. The van der Waals surface area contributed by atoms with Crippen molar-refractivity contribution in [2.24, 2.45) is 5.73 Å². The summed E-state index contributed by atoms with van der Waals surface area (Å²) in [4.78, 5) is 8.80. The van der Waals surface area contributed by atoms with Gasteiger partial charge in [-0.05, 0) is 13.8 Å². The van der Waals surface area contributed by atoms with Gasteiger partial charge in [0, 0.05) is 5.56 Å². The van der Waals surface area contributed by atoms with Crippen LogP contribution in [0.5, 0.6) is 0 Å². The molecule has 2 heterocycles. The fraction of sp³-hybridized carbons (Fsp3) is 0.214. The number of aryl methyl sites for hydroxylation is 2. The smallest absolute Gasteiger partial charge is 0.180 e. The van der Waals surface area contributed by atoms with E-state index in [4.69, 9.17) is 5.73 Å². The summed E-state index contributed by atoms with van der Waals surface area (Å²) in [5.41, 5.74) is 9.69. The maximum atomic E-state index is 5.69. The van der Waals surface area contributed by atoms with Crippen LogP contribution in [0.15, 0.2) is 30.5 Å². The van der Waals surface area contributed by atoms with E-state index in [0.29, 0.717) is 12.4 Å². The SMILES string of the molecule is Cc1ccc(-c2ncc3c(C)nc(CN)n3n2)cc1. The van der Waals surface area contributed by atoms with Gasteiger partial charge in [0.1, 0.15) is 11.3 Å². The monoisotopic (exact) mass is 253 g/mol. The third-order valence-corrected chi connectivity index (χ3v) is 3.14. The van der Waals surface area contributed by atoms with Crippen molar-refractivity contribution in [1.82, 2.24) is 19.6 Å². The minimum Gasteiger partial charge on any atom is -0.324 e. The molecule has 0 amide bonds. The zero-order valence-corrected chi connectivity index (χ0v) is 11.0. The van der Waals surface area contributed by atoms with Gasteiger partial charge in [0.25, 0.3) is 0 Å². The molecule has 0 aliphatic rings. The number of fused-ring (bicyclic) bond motifs is 1. The van der Waals surface area contributed by atoms with E-state index in [-0.39, 0.29) is 0 Å². The second kappa shape index (κ2) is 4.44. The third kappa shape index (κ3) is 1.98. The first-order valence-electron chi connectivity index (χ1n) is 6.17. The van der Waals surface area contributed by atoms with Gasteiger partial charge in [-0.15, -0.1) is 5.10 Å². The predicted octanol–water partition coefficient (Wildman–Crippen LogP) is 1.87. The Morgan fingerprint density at radius 1 is 1.16 bits per heavy atom. The summed E-state index contributed by atoms with van der Waals surface area (Å²) in [6, 6.07) is 8.13. The molecule has 0 saturated carbocycles. The van der Waals surface area contributed by atoms with Crippen molar-refractivity contribution in [3.63, 3.8) is 0 Å². The van der Waals surface area contributed by atoms with Crippen molar-refractivity contribution in [3.8, 4) is 11.4 Å². The Labute approximate surface area is 111 Å². The molecule has 5 heteroatoms. The van der Waals surface area contributed by atoms with Crippen molar-refractivity contribution < 1.29 is 0 Å². The lowest BCUT2D eigenvalue weighted by Gasteiger charge is -2.03. The Morgan fingerprint density at radius 2 is 1.89 bits per heavy atom. The molecule has 0 aliphatic carbocycles. The number of rotatable bonds is 2. The zero-order valence-electron chi connectivity index (χ0n) is 11.0. The van der Waals surface area contributed by atoms with E-state index >= 15 is 0 Å². The van der Waals surface area contributed by atoms with Gasteiger partial charge in [0.05, 0.1) is 18.4 Å². The average molecular weight is 253 g/mol. The highest BCUT2D eigenvalue weighted by molar-refractivity contribution is 5.58. The fourth-order valence-electron chi connectivity index (χ4n) is 2.06. The number of nitrogens with two attached hydrogens (primary N) is 1. The summed E-state index contributed by atoms with van der Waals surface area (Å²) in [6.07, 6.45) is 1.80. The minimum atomic E-state index is 0.360. The van der Waals surface area contributed by atoms with Crippen molar-refractivity contribution in [1.29, 1.82) is 0 Å². The molecular formula is C14H15N5. The lowest BCUT2D eigenvalue weighted by molar-refractivity contribution is 0.803. The highest BCUT2D eigenvalue weighted by Crippen LogP contribution is 2.17. The van der Waals surface area contributed by atoms with Gasteiger partial charge < -0.3 is 5.73 Å². The van der Waals surface area contributed by atoms with Gasteiger partial charge in [-0.2, -0.15) is 0 Å². The summed E-state index contributed by atoms with van der Waals surface area (Å²) >= 11 is 0. The highest BCUT2D eigenvalue weighted by Gasteiger charge is 2.10. The molecule has 96 valence electrons. The van der Waals surface area contributed by atoms with Crippen LogP contribution in [0.3, 0.4) is 0 Å². The summed E-state index contributed by atoms with van der Waals surface area (Å²) in [5, 5.41) is 4.53. The van der Waals surface area contributed by atoms with E-state index in [1.807, 2.05) is 31.2 Å². The first kappa shape index (κ1) is 11.8. The van der Waals surface area contributed by atoms with E-state index in [0.717, 1.165) is 22.6 Å². The summed E-state index contributed by atoms with van der Waals surface area (Å²) in [7, 11) is 0. The van der Waals surface area contributed by atoms with E-state index in [9.17, 15) is 0 Å². The second-order valence-corrected chi connectivity index (χ2v) is 4.56. The van der Waals surface area contributed by atoms with E-state index in [2.05, 4.69) is 22.0 Å². The number of hydrogen-bond acceptors (Lipinski definition) is 4. The minimum absolute atomic E-state index is 0.360. The van der Waals surface area contributed by atoms with Crippen LogP contribution in [0.4, 0.5) is 0 Å². The standard InChI is InChI=1S/C14H15N5/c1-9-3-5-11(6-4-9)14-16-8-12-10(2)17-13(7-15)19(12)18-14/h3-6,8H,7,15H2,1-2H3. The molecule has 2 N–H and O–H groups in total. The first-order chi connectivity index (χ1) is 9.19. The van der Waals surface area contributed by atoms with Gasteiger partial charge in [0.2, 0.25) is 0 Å². The highest BCUT2D eigenvalue weighted by atomic mass is 15.3. The quantitative estimate of drug-likeness (QED) is 0.757. The van der Waals surface area contributed by atoms with Crippen molar-refractivity contribution in [2.75, 3.05) is 0 Å². The van der Waals surface area contributed by atoms with E-state index < -0.39 is 0 Å². The summed E-state index contributed by atoms with van der Waals surface area (Å²) in [5.74, 6) is 1.43. The average Bonchev–Trinajstić information content (AvgIpc) is 2.76. The number of imidazole rings is 1. The molecule has 0 spiro atoms. The molecule has 0 saturated heterocycles. The predicted molar refractivity (Wildman–Crippen MR) is 73.6 cm³/mol. The van der Waals surface area contributed by atoms with Crippen LogP contribution < -0.4 is 5.73 Å². The molecule has 0 atom stereocenters. The van der Waals surface area contributed by atoms with Crippen LogP contribution in [0.25, 0.3) is 16.9 Å². The summed E-state index contributed by atoms with van der Waals surface area (Å²) in [6.45, 7) is 4.35. The van der Waals surface area contributed by atoms with Gasteiger partial charge in [-0.3, -0.25) is 0 Å². The topological polar surface area (TPSA) is 69.1 Å². The zero-order chi connectivity index (χ0) is 13.4. The molecular weight excluding hydrogens is 238 g/mol. The number of benzene rings is 1. The van der Waals surface area contributed by atoms with Crippen LogP contribution in [-0.4, -0.2) is 19.6 Å². The third-order valence-electron chi connectivity index (χ3n) is 3.14. The molecule has 0 fully saturated rings. The molecule has 5 nitrogen and oxygen atoms in total. The number of hydrogen-bond donors (Lipinski definition) is 1. The number of nitrogens with zero attached hydrogens (tertiary/aromatic N) is 4. The second-order valence-electron chi connectivity index (χ2n) is 4.56. The molecule has 3 aromatic rings. The van der Waals surface area contributed by atoms with Gasteiger partial charge in [0.15, 0.2) is 5.82 Å². The molecule has 0 unspecified atom stereocenters. The van der Waals surface area contributed by atoms with Crippen molar-refractivity contribution in [3.05, 3.63) is 47.5 Å². The van der Waals surface area contributed by atoms with Crippen LogP contribution >= 0.6 is 0 Å². The molecule has 19 heavy (non-hydrogen) atoms. The lowest BCUT2D eigenvalue weighted by atomic mass is 10.1. The van der Waals surface area contributed by atoms with Gasteiger partial charge in [-0.25, -0.2) is 14.5 Å². The fourth-order valence-corrected chi connectivity index (χ4v) is 2.06. The Bertz CT molecular complexity index is 727. The Kier molecular flexibility index (Phi) is 2.76. The van der Waals surface area contributed by atoms with Crippen molar-refractivity contribution >= 4 is 5.52 Å². The van der Waals surface area contributed by atoms with E-state index in [1.165, 1.54) is 5.56 Å². The number of aromatic nitrogens is 4. The lowest BCUT2D eigenvalue weighted by Crippen LogP contribution is -2.06. The first-order valence-corrected chi connectivity index (χ1v) is 6.17. The van der Waals surface area contributed by atoms with Gasteiger partial charge >= 0.3 is 0 Å². The molecule has 0 aliphatic heterocycles. The normalized spacial score (nSPS) is 11.1. The maximum Gasteiger partial charge on any atom is 0.180 e. The molecule has 3 rings (SSSR count). The van der Waals surface area contributed by atoms with Crippen LogP contribution in [0, 0.1) is 13.8 Å². The van der Waals surface area contributed by atoms with Crippen LogP contribution in [0.2, 0.25) is 0 Å². The van der Waals surface area contributed by atoms with Crippen LogP contribution in [0.1, 0.15) is 17.1 Å². The Hall–Kier alpha value is -2.27. The maximum absolute atomic E-state index is 5.69. The summed E-state index contributed by atoms with van der Waals surface area (Å²) < 4.78 is 1.78. The Morgan fingerprint density at radius 3 is 2.58 bits per heavy atom. The van der Waals surface area contributed by atoms with Gasteiger partial charge in [-0.1, -0.05) is 29.8 Å². The van der Waals surface area contributed by atoms with Crippen molar-refractivity contribution in [2.45, 2.75) is 20.4 Å². The molecule has 1 aromatic carbocycles. The van der Waals surface area contributed by atoms with E-state index in [1.54, 1.807) is 10.7 Å². The molecule has 2 aromatic heterocycles. The molecule has 0 radical (unpaired) electrons. The largest absolute Gasteiger partial charge is 0.324 e. The Balaban J connectivity index is 2.18.